The monoisotopic (exact) mass is 377 g/mol. The average Bonchev–Trinajstić information content (AvgIpc) is 3.08. The van der Waals surface area contributed by atoms with Gasteiger partial charge in [-0.2, -0.15) is 5.10 Å². The number of aryl methyl sites for hydroxylation is 1. The number of rotatable bonds is 4. The summed E-state index contributed by atoms with van der Waals surface area (Å²) in [5.74, 6) is 1.76. The Balaban J connectivity index is 1.77. The molecule has 4 rings (SSSR count). The summed E-state index contributed by atoms with van der Waals surface area (Å²) >= 11 is 0. The van der Waals surface area contributed by atoms with Crippen molar-refractivity contribution in [2.45, 2.75) is 39.0 Å². The molecule has 1 unspecified atom stereocenters. The number of nitrogens with zero attached hydrogens (tertiary/aromatic N) is 6. The Bertz CT molecular complexity index is 1130. The molecule has 1 N–H and O–H groups in total. The lowest BCUT2D eigenvalue weighted by Gasteiger charge is -2.35. The molecular weight excluding hydrogens is 354 g/mol. The zero-order valence-corrected chi connectivity index (χ0v) is 16.3. The SMILES string of the molecule is CCC=NC(=NC)[C@@H]1CCC1c1nc2c(cnn2-c2cnccc2C)c(=O)[nH]1. The molecule has 0 aromatic carbocycles. The quantitative estimate of drug-likeness (QED) is 0.558. The van der Waals surface area contributed by atoms with E-state index < -0.39 is 0 Å². The summed E-state index contributed by atoms with van der Waals surface area (Å²) in [7, 11) is 1.76. The molecule has 8 nitrogen and oxygen atoms in total. The van der Waals surface area contributed by atoms with Gasteiger partial charge in [0.1, 0.15) is 17.0 Å². The van der Waals surface area contributed by atoms with Crippen LogP contribution in [0.15, 0.2) is 39.4 Å². The highest BCUT2D eigenvalue weighted by Crippen LogP contribution is 2.42. The van der Waals surface area contributed by atoms with E-state index in [2.05, 4.69) is 25.1 Å². The number of fused-ring (bicyclic) bond motifs is 1. The second kappa shape index (κ2) is 7.46. The summed E-state index contributed by atoms with van der Waals surface area (Å²) in [4.78, 5) is 33.4. The lowest BCUT2D eigenvalue weighted by atomic mass is 9.72. The summed E-state index contributed by atoms with van der Waals surface area (Å²) in [5.41, 5.74) is 2.20. The van der Waals surface area contributed by atoms with E-state index in [-0.39, 0.29) is 17.4 Å². The Morgan fingerprint density at radius 3 is 2.93 bits per heavy atom. The summed E-state index contributed by atoms with van der Waals surface area (Å²) in [6.45, 7) is 4.03. The van der Waals surface area contributed by atoms with E-state index in [1.165, 1.54) is 0 Å². The highest BCUT2D eigenvalue weighted by Gasteiger charge is 2.37. The number of aromatic nitrogens is 5. The fraction of sp³-hybridized carbons (Fsp3) is 0.400. The molecule has 28 heavy (non-hydrogen) atoms. The molecule has 144 valence electrons. The van der Waals surface area contributed by atoms with Crippen molar-refractivity contribution >= 4 is 23.1 Å². The van der Waals surface area contributed by atoms with Gasteiger partial charge < -0.3 is 4.98 Å². The maximum Gasteiger partial charge on any atom is 0.262 e. The molecule has 0 bridgehead atoms. The highest BCUT2D eigenvalue weighted by atomic mass is 16.1. The molecule has 3 aromatic rings. The Morgan fingerprint density at radius 2 is 2.25 bits per heavy atom. The minimum atomic E-state index is -0.175. The Kier molecular flexibility index (Phi) is 4.85. The third kappa shape index (κ3) is 3.04. The van der Waals surface area contributed by atoms with Crippen molar-refractivity contribution in [2.24, 2.45) is 15.9 Å². The number of aromatic amines is 1. The van der Waals surface area contributed by atoms with Crippen molar-refractivity contribution in [3.05, 3.63) is 46.4 Å². The molecule has 1 aliphatic carbocycles. The topological polar surface area (TPSA) is 101 Å². The van der Waals surface area contributed by atoms with E-state index in [0.717, 1.165) is 36.3 Å². The van der Waals surface area contributed by atoms with Crippen molar-refractivity contribution in [3.63, 3.8) is 0 Å². The standard InChI is InChI=1S/C20H23N7O/c1-4-8-23-17(21-3)13-5-6-14(13)18-25-19-15(20(28)26-18)10-24-27(19)16-11-22-9-7-12(16)2/h7-11,13-14H,4-6H2,1-3H3,(H,25,26,28)/t13-,14?/m1/s1. The highest BCUT2D eigenvalue weighted by molar-refractivity contribution is 5.92. The summed E-state index contributed by atoms with van der Waals surface area (Å²) < 4.78 is 1.69. The van der Waals surface area contributed by atoms with Crippen LogP contribution in [0.4, 0.5) is 0 Å². The van der Waals surface area contributed by atoms with Gasteiger partial charge in [0.05, 0.1) is 18.1 Å². The van der Waals surface area contributed by atoms with Crippen LogP contribution in [0.2, 0.25) is 0 Å². The minimum absolute atomic E-state index is 0.100. The molecule has 3 heterocycles. The first kappa shape index (κ1) is 18.2. The minimum Gasteiger partial charge on any atom is -0.310 e. The summed E-state index contributed by atoms with van der Waals surface area (Å²) in [5, 5.41) is 4.86. The smallest absolute Gasteiger partial charge is 0.262 e. The van der Waals surface area contributed by atoms with Gasteiger partial charge in [0, 0.05) is 31.3 Å². The molecule has 1 saturated carbocycles. The number of amidine groups is 1. The predicted octanol–water partition coefficient (Wildman–Crippen LogP) is 2.81. The van der Waals surface area contributed by atoms with Crippen molar-refractivity contribution in [1.82, 2.24) is 24.7 Å². The van der Waals surface area contributed by atoms with Crippen LogP contribution < -0.4 is 5.56 Å². The zero-order chi connectivity index (χ0) is 19.7. The van der Waals surface area contributed by atoms with Crippen LogP contribution in [-0.2, 0) is 0 Å². The summed E-state index contributed by atoms with van der Waals surface area (Å²) in [6, 6.07) is 1.91. The number of pyridine rings is 1. The van der Waals surface area contributed by atoms with Gasteiger partial charge in [-0.3, -0.25) is 14.8 Å². The fourth-order valence-electron chi connectivity index (χ4n) is 3.61. The van der Waals surface area contributed by atoms with Crippen LogP contribution in [0.3, 0.4) is 0 Å². The van der Waals surface area contributed by atoms with Crippen molar-refractivity contribution in [3.8, 4) is 5.69 Å². The van der Waals surface area contributed by atoms with E-state index in [1.807, 2.05) is 26.1 Å². The van der Waals surface area contributed by atoms with Gasteiger partial charge >= 0.3 is 0 Å². The van der Waals surface area contributed by atoms with Crippen LogP contribution in [0.1, 0.15) is 43.5 Å². The lowest BCUT2D eigenvalue weighted by molar-refractivity contribution is 0.323. The summed E-state index contributed by atoms with van der Waals surface area (Å²) in [6.07, 6.45) is 9.69. The molecular formula is C20H23N7O. The Morgan fingerprint density at radius 1 is 1.39 bits per heavy atom. The number of hydrogen-bond donors (Lipinski definition) is 1. The van der Waals surface area contributed by atoms with E-state index in [1.54, 1.807) is 30.3 Å². The Hall–Kier alpha value is -3.16. The molecule has 0 spiro atoms. The van der Waals surface area contributed by atoms with Gasteiger partial charge in [-0.25, -0.2) is 14.7 Å². The first-order valence-corrected chi connectivity index (χ1v) is 9.52. The molecule has 8 heteroatoms. The van der Waals surface area contributed by atoms with Crippen molar-refractivity contribution < 1.29 is 0 Å². The molecule has 0 aliphatic heterocycles. The predicted molar refractivity (Wildman–Crippen MR) is 110 cm³/mol. The number of H-pyrrole nitrogens is 1. The first-order chi connectivity index (χ1) is 13.6. The average molecular weight is 377 g/mol. The maximum absolute atomic E-state index is 12.7. The lowest BCUT2D eigenvalue weighted by Crippen LogP contribution is -2.33. The van der Waals surface area contributed by atoms with Crippen molar-refractivity contribution in [1.29, 1.82) is 0 Å². The van der Waals surface area contributed by atoms with Gasteiger partial charge in [-0.1, -0.05) is 6.92 Å². The van der Waals surface area contributed by atoms with Crippen LogP contribution in [-0.4, -0.2) is 43.8 Å². The second-order valence-electron chi connectivity index (χ2n) is 7.00. The molecule has 0 amide bonds. The van der Waals surface area contributed by atoms with E-state index in [4.69, 9.17) is 4.98 Å². The van der Waals surface area contributed by atoms with Gasteiger partial charge in [0.15, 0.2) is 5.65 Å². The molecule has 1 fully saturated rings. The Labute approximate surface area is 162 Å². The third-order valence-corrected chi connectivity index (χ3v) is 5.29. The van der Waals surface area contributed by atoms with E-state index in [0.29, 0.717) is 16.9 Å². The van der Waals surface area contributed by atoms with Crippen molar-refractivity contribution in [2.75, 3.05) is 7.05 Å². The normalized spacial score (nSPS) is 20.0. The fourth-order valence-corrected chi connectivity index (χ4v) is 3.61. The number of nitrogens with one attached hydrogen (secondary N) is 1. The van der Waals surface area contributed by atoms with Crippen LogP contribution >= 0.6 is 0 Å². The number of aliphatic imine (C=N–C) groups is 2. The molecule has 3 aromatic heterocycles. The second-order valence-corrected chi connectivity index (χ2v) is 7.00. The van der Waals surface area contributed by atoms with Crippen LogP contribution in [0.25, 0.3) is 16.7 Å². The molecule has 0 saturated heterocycles. The van der Waals surface area contributed by atoms with E-state index in [9.17, 15) is 4.79 Å². The largest absolute Gasteiger partial charge is 0.310 e. The molecule has 1 aliphatic rings. The van der Waals surface area contributed by atoms with E-state index >= 15 is 0 Å². The van der Waals surface area contributed by atoms with Gasteiger partial charge in [0.25, 0.3) is 5.56 Å². The van der Waals surface area contributed by atoms with Gasteiger partial charge in [-0.05, 0) is 37.8 Å². The van der Waals surface area contributed by atoms with Gasteiger partial charge in [-0.15, -0.1) is 0 Å². The maximum atomic E-state index is 12.7. The first-order valence-electron chi connectivity index (χ1n) is 9.52. The molecule has 2 atom stereocenters. The zero-order valence-electron chi connectivity index (χ0n) is 16.3. The molecule has 0 radical (unpaired) electrons. The third-order valence-electron chi connectivity index (χ3n) is 5.29. The number of hydrogen-bond acceptors (Lipinski definition) is 5. The van der Waals surface area contributed by atoms with Gasteiger partial charge in [0.2, 0.25) is 0 Å². The van der Waals surface area contributed by atoms with Crippen LogP contribution in [0.5, 0.6) is 0 Å². The van der Waals surface area contributed by atoms with Crippen LogP contribution in [0, 0.1) is 12.8 Å².